The van der Waals surface area contributed by atoms with Crippen molar-refractivity contribution >= 4 is 5.96 Å². The molecule has 1 fully saturated rings. The zero-order valence-corrected chi connectivity index (χ0v) is 12.9. The van der Waals surface area contributed by atoms with E-state index in [-0.39, 0.29) is 0 Å². The van der Waals surface area contributed by atoms with Crippen molar-refractivity contribution < 1.29 is 4.42 Å². The maximum Gasteiger partial charge on any atom is 0.194 e. The molecular weight excluding hydrogens is 250 g/mol. The molecule has 0 spiro atoms. The molecule has 20 heavy (non-hydrogen) atoms. The maximum atomic E-state index is 5.36. The number of piperidine rings is 1. The zero-order chi connectivity index (χ0) is 14.4. The number of hydrogen-bond donors (Lipinski definition) is 1. The van der Waals surface area contributed by atoms with E-state index in [1.54, 1.807) is 6.26 Å². The molecule has 1 N–H and O–H groups in total. The quantitative estimate of drug-likeness (QED) is 0.679. The van der Waals surface area contributed by atoms with Crippen LogP contribution in [0.3, 0.4) is 0 Å². The number of nitrogens with one attached hydrogen (secondary N) is 1. The molecule has 1 aromatic heterocycles. The fraction of sp³-hybridized carbons (Fsp3) is 0.688. The van der Waals surface area contributed by atoms with Gasteiger partial charge >= 0.3 is 0 Å². The van der Waals surface area contributed by atoms with Crippen LogP contribution in [-0.2, 0) is 6.42 Å². The summed E-state index contributed by atoms with van der Waals surface area (Å²) in [4.78, 5) is 7.17. The van der Waals surface area contributed by atoms with Gasteiger partial charge in [0.2, 0.25) is 0 Å². The summed E-state index contributed by atoms with van der Waals surface area (Å²) < 4.78 is 5.36. The second-order valence-electron chi connectivity index (χ2n) is 6.03. The van der Waals surface area contributed by atoms with E-state index in [0.717, 1.165) is 43.7 Å². The third-order valence-corrected chi connectivity index (χ3v) is 3.57. The van der Waals surface area contributed by atoms with Crippen LogP contribution in [0.2, 0.25) is 0 Å². The van der Waals surface area contributed by atoms with Crippen LogP contribution in [0, 0.1) is 5.92 Å². The number of guanidine groups is 1. The minimum atomic E-state index is 0.412. The minimum Gasteiger partial charge on any atom is -0.469 e. The molecule has 4 heteroatoms. The van der Waals surface area contributed by atoms with Crippen LogP contribution < -0.4 is 5.32 Å². The molecule has 1 aliphatic heterocycles. The first-order valence-electron chi connectivity index (χ1n) is 7.73. The van der Waals surface area contributed by atoms with Gasteiger partial charge in [0.15, 0.2) is 5.96 Å². The summed E-state index contributed by atoms with van der Waals surface area (Å²) in [5.74, 6) is 2.82. The second kappa shape index (κ2) is 7.36. The van der Waals surface area contributed by atoms with E-state index in [0.29, 0.717) is 6.04 Å². The van der Waals surface area contributed by atoms with Gasteiger partial charge in [0.1, 0.15) is 5.76 Å². The first-order chi connectivity index (χ1) is 9.65. The standard InChI is InChI=1S/C16H27N3O/c1-13(2)18-16(19-10-4-6-14(3)12-19)17-9-8-15-7-5-11-20-15/h5,7,11,13-14H,4,6,8-10,12H2,1-3H3,(H,17,18). The smallest absolute Gasteiger partial charge is 0.194 e. The van der Waals surface area contributed by atoms with Crippen LogP contribution in [0.1, 0.15) is 39.4 Å². The minimum absolute atomic E-state index is 0.412. The SMILES string of the molecule is CC1CCCN(C(=NCCc2ccco2)NC(C)C)C1. The Balaban J connectivity index is 1.94. The number of nitrogens with zero attached hydrogens (tertiary/aromatic N) is 2. The molecule has 1 aromatic rings. The van der Waals surface area contributed by atoms with E-state index in [9.17, 15) is 0 Å². The van der Waals surface area contributed by atoms with Gasteiger partial charge in [-0.1, -0.05) is 6.92 Å². The molecule has 0 aromatic carbocycles. The molecule has 0 aliphatic carbocycles. The first-order valence-corrected chi connectivity index (χ1v) is 7.73. The van der Waals surface area contributed by atoms with Gasteiger partial charge < -0.3 is 14.6 Å². The van der Waals surface area contributed by atoms with Crippen molar-refractivity contribution in [3.05, 3.63) is 24.2 Å². The summed E-state index contributed by atoms with van der Waals surface area (Å²) in [6.07, 6.45) is 5.17. The fourth-order valence-electron chi connectivity index (χ4n) is 2.60. The van der Waals surface area contributed by atoms with Crippen LogP contribution in [-0.4, -0.2) is 36.5 Å². The Bertz CT molecular complexity index is 411. The zero-order valence-electron chi connectivity index (χ0n) is 12.9. The van der Waals surface area contributed by atoms with Gasteiger partial charge in [-0.05, 0) is 44.7 Å². The molecular formula is C16H27N3O. The molecule has 1 atom stereocenters. The van der Waals surface area contributed by atoms with E-state index in [1.807, 2.05) is 12.1 Å². The molecule has 0 radical (unpaired) electrons. The van der Waals surface area contributed by atoms with Crippen LogP contribution in [0.15, 0.2) is 27.8 Å². The molecule has 0 amide bonds. The van der Waals surface area contributed by atoms with E-state index in [4.69, 9.17) is 9.41 Å². The van der Waals surface area contributed by atoms with Crippen LogP contribution in [0.25, 0.3) is 0 Å². The lowest BCUT2D eigenvalue weighted by molar-refractivity contribution is 0.264. The molecule has 1 saturated heterocycles. The Hall–Kier alpha value is -1.45. The molecule has 0 bridgehead atoms. The third kappa shape index (κ3) is 4.58. The molecule has 1 aliphatic rings. The third-order valence-electron chi connectivity index (χ3n) is 3.57. The lowest BCUT2D eigenvalue weighted by atomic mass is 10.0. The summed E-state index contributed by atoms with van der Waals surface area (Å²) in [6, 6.07) is 4.35. The topological polar surface area (TPSA) is 40.8 Å². The highest BCUT2D eigenvalue weighted by atomic mass is 16.3. The number of furan rings is 1. The molecule has 2 heterocycles. The van der Waals surface area contributed by atoms with Crippen molar-refractivity contribution in [3.63, 3.8) is 0 Å². The molecule has 1 unspecified atom stereocenters. The number of aliphatic imine (C=N–C) groups is 1. The maximum absolute atomic E-state index is 5.36. The molecule has 4 nitrogen and oxygen atoms in total. The number of rotatable bonds is 4. The van der Waals surface area contributed by atoms with Crippen molar-refractivity contribution in [2.45, 2.75) is 46.1 Å². The normalized spacial score (nSPS) is 20.5. The van der Waals surface area contributed by atoms with Gasteiger partial charge in [0, 0.05) is 32.1 Å². The summed E-state index contributed by atoms with van der Waals surface area (Å²) in [5.41, 5.74) is 0. The Kier molecular flexibility index (Phi) is 5.50. The van der Waals surface area contributed by atoms with Crippen molar-refractivity contribution in [2.24, 2.45) is 10.9 Å². The lowest BCUT2D eigenvalue weighted by Crippen LogP contribution is -2.48. The van der Waals surface area contributed by atoms with Crippen molar-refractivity contribution in [1.29, 1.82) is 0 Å². The van der Waals surface area contributed by atoms with E-state index < -0.39 is 0 Å². The van der Waals surface area contributed by atoms with Crippen LogP contribution in [0.5, 0.6) is 0 Å². The van der Waals surface area contributed by atoms with Gasteiger partial charge in [0.25, 0.3) is 0 Å². The second-order valence-corrected chi connectivity index (χ2v) is 6.03. The largest absolute Gasteiger partial charge is 0.469 e. The molecule has 0 saturated carbocycles. The van der Waals surface area contributed by atoms with Gasteiger partial charge in [-0.3, -0.25) is 4.99 Å². The van der Waals surface area contributed by atoms with E-state index in [2.05, 4.69) is 31.0 Å². The monoisotopic (exact) mass is 277 g/mol. The van der Waals surface area contributed by atoms with E-state index >= 15 is 0 Å². The van der Waals surface area contributed by atoms with Crippen molar-refractivity contribution in [1.82, 2.24) is 10.2 Å². The van der Waals surface area contributed by atoms with Crippen molar-refractivity contribution in [3.8, 4) is 0 Å². The Morgan fingerprint density at radius 1 is 1.55 bits per heavy atom. The first kappa shape index (κ1) is 14.9. The number of hydrogen-bond acceptors (Lipinski definition) is 2. The number of likely N-dealkylation sites (tertiary alicyclic amines) is 1. The Labute approximate surface area is 122 Å². The average molecular weight is 277 g/mol. The Morgan fingerprint density at radius 3 is 3.05 bits per heavy atom. The highest BCUT2D eigenvalue weighted by Crippen LogP contribution is 2.15. The summed E-state index contributed by atoms with van der Waals surface area (Å²) >= 11 is 0. The van der Waals surface area contributed by atoms with Crippen LogP contribution >= 0.6 is 0 Å². The highest BCUT2D eigenvalue weighted by molar-refractivity contribution is 5.80. The molecule has 112 valence electrons. The van der Waals surface area contributed by atoms with Gasteiger partial charge in [-0.2, -0.15) is 0 Å². The van der Waals surface area contributed by atoms with E-state index in [1.165, 1.54) is 12.8 Å². The Morgan fingerprint density at radius 2 is 2.40 bits per heavy atom. The molecule has 2 rings (SSSR count). The highest BCUT2D eigenvalue weighted by Gasteiger charge is 2.19. The summed E-state index contributed by atoms with van der Waals surface area (Å²) in [7, 11) is 0. The van der Waals surface area contributed by atoms with Gasteiger partial charge in [0.05, 0.1) is 6.26 Å². The van der Waals surface area contributed by atoms with Crippen molar-refractivity contribution in [2.75, 3.05) is 19.6 Å². The summed E-state index contributed by atoms with van der Waals surface area (Å²) in [5, 5.41) is 3.50. The van der Waals surface area contributed by atoms with Gasteiger partial charge in [-0.25, -0.2) is 0 Å². The summed E-state index contributed by atoms with van der Waals surface area (Å²) in [6.45, 7) is 9.64. The predicted molar refractivity (Wildman–Crippen MR) is 83.0 cm³/mol. The lowest BCUT2D eigenvalue weighted by Gasteiger charge is -2.34. The fourth-order valence-corrected chi connectivity index (χ4v) is 2.60. The van der Waals surface area contributed by atoms with Gasteiger partial charge in [-0.15, -0.1) is 0 Å². The average Bonchev–Trinajstić information content (AvgIpc) is 2.90. The van der Waals surface area contributed by atoms with Crippen LogP contribution in [0.4, 0.5) is 0 Å². The predicted octanol–water partition coefficient (Wildman–Crippen LogP) is 2.91.